The molecule has 0 aliphatic carbocycles. The number of hydrogen-bond acceptors (Lipinski definition) is 1. The van der Waals surface area contributed by atoms with Gasteiger partial charge in [0.1, 0.15) is 0 Å². The monoisotopic (exact) mass is 354 g/mol. The molecule has 0 rings (SSSR count). The van der Waals surface area contributed by atoms with E-state index in [-0.39, 0.29) is 0 Å². The van der Waals surface area contributed by atoms with Crippen LogP contribution in [-0.2, 0) is 0 Å². The minimum atomic E-state index is 0.692. The molecule has 0 aromatic heterocycles. The molecule has 136 valence electrons. The Bertz CT molecular complexity index is 454. The SMILES string of the molecule is C=CC=CC=CC=CCC(CC)SC(CC)CC=CC=CC=CC=C. The molecule has 0 saturated heterocycles. The van der Waals surface area contributed by atoms with E-state index in [1.165, 1.54) is 12.8 Å². The second-order valence-electron chi connectivity index (χ2n) is 5.54. The van der Waals surface area contributed by atoms with Gasteiger partial charge in [0.05, 0.1) is 0 Å². The van der Waals surface area contributed by atoms with E-state index in [1.807, 2.05) is 36.5 Å². The molecule has 1 heteroatoms. The topological polar surface area (TPSA) is 0 Å². The second kappa shape index (κ2) is 18.6. The Kier molecular flexibility index (Phi) is 17.3. The molecule has 0 radical (unpaired) electrons. The molecule has 0 aromatic carbocycles. The summed E-state index contributed by atoms with van der Waals surface area (Å²) in [5.74, 6) is 0. The molecule has 2 atom stereocenters. The Labute approximate surface area is 160 Å². The highest BCUT2D eigenvalue weighted by Crippen LogP contribution is 2.28. The Morgan fingerprint density at radius 3 is 1.32 bits per heavy atom. The Morgan fingerprint density at radius 1 is 0.600 bits per heavy atom. The van der Waals surface area contributed by atoms with Crippen LogP contribution in [0.25, 0.3) is 0 Å². The molecule has 0 aliphatic rings. The third kappa shape index (κ3) is 15.5. The van der Waals surface area contributed by atoms with E-state index in [2.05, 4.69) is 75.2 Å². The summed E-state index contributed by atoms with van der Waals surface area (Å²) < 4.78 is 0. The zero-order valence-electron chi connectivity index (χ0n) is 15.9. The first-order chi connectivity index (χ1) is 12.3. The van der Waals surface area contributed by atoms with Crippen molar-refractivity contribution in [1.82, 2.24) is 0 Å². The summed E-state index contributed by atoms with van der Waals surface area (Å²) in [5, 5.41) is 1.38. The van der Waals surface area contributed by atoms with E-state index < -0.39 is 0 Å². The van der Waals surface area contributed by atoms with Crippen molar-refractivity contribution in [2.24, 2.45) is 0 Å². The molecule has 0 spiro atoms. The standard InChI is InChI=1S/C24H34S/c1-5-9-11-13-15-17-19-21-23(7-3)25-24(8-4)22-20-18-16-14-12-10-6-2/h5-6,9-20,23-24H,1-2,7-8,21-22H2,3-4H3. The lowest BCUT2D eigenvalue weighted by Gasteiger charge is -2.19. The van der Waals surface area contributed by atoms with Crippen molar-refractivity contribution in [3.8, 4) is 0 Å². The smallest absolute Gasteiger partial charge is 0.00819 e. The average Bonchev–Trinajstić information content (AvgIpc) is 2.64. The number of rotatable bonds is 14. The fourth-order valence-corrected chi connectivity index (χ4v) is 3.44. The van der Waals surface area contributed by atoms with E-state index in [0.29, 0.717) is 10.5 Å². The van der Waals surface area contributed by atoms with Crippen LogP contribution < -0.4 is 0 Å². The van der Waals surface area contributed by atoms with Crippen LogP contribution >= 0.6 is 11.8 Å². The zero-order chi connectivity index (χ0) is 18.6. The minimum Gasteiger partial charge on any atom is -0.155 e. The molecule has 0 aromatic rings. The summed E-state index contributed by atoms with van der Waals surface area (Å²) >= 11 is 2.13. The molecule has 0 bridgehead atoms. The first kappa shape index (κ1) is 23.3. The van der Waals surface area contributed by atoms with Crippen molar-refractivity contribution >= 4 is 11.8 Å². The van der Waals surface area contributed by atoms with Crippen LogP contribution in [0.1, 0.15) is 39.5 Å². The summed E-state index contributed by atoms with van der Waals surface area (Å²) in [5.41, 5.74) is 0. The van der Waals surface area contributed by atoms with Crippen LogP contribution in [0.5, 0.6) is 0 Å². The van der Waals surface area contributed by atoms with E-state index in [9.17, 15) is 0 Å². The van der Waals surface area contributed by atoms with Crippen LogP contribution in [0.3, 0.4) is 0 Å². The lowest BCUT2D eigenvalue weighted by molar-refractivity contribution is 0.791. The minimum absolute atomic E-state index is 0.692. The van der Waals surface area contributed by atoms with Crippen molar-refractivity contribution in [3.05, 3.63) is 98.2 Å². The lowest BCUT2D eigenvalue weighted by Crippen LogP contribution is -2.08. The molecule has 0 heterocycles. The predicted octanol–water partition coefficient (Wildman–Crippen LogP) is 7.77. The largest absolute Gasteiger partial charge is 0.155 e. The molecule has 0 nitrogen and oxygen atoms in total. The fourth-order valence-electron chi connectivity index (χ4n) is 2.07. The molecular weight excluding hydrogens is 320 g/mol. The van der Waals surface area contributed by atoms with E-state index >= 15 is 0 Å². The van der Waals surface area contributed by atoms with Crippen molar-refractivity contribution in [2.45, 2.75) is 50.0 Å². The van der Waals surface area contributed by atoms with Crippen LogP contribution in [0.2, 0.25) is 0 Å². The summed E-state index contributed by atoms with van der Waals surface area (Å²) in [6, 6.07) is 0. The summed E-state index contributed by atoms with van der Waals surface area (Å²) in [4.78, 5) is 0. The van der Waals surface area contributed by atoms with Gasteiger partial charge in [0.15, 0.2) is 0 Å². The van der Waals surface area contributed by atoms with Gasteiger partial charge in [-0.05, 0) is 25.7 Å². The van der Waals surface area contributed by atoms with Gasteiger partial charge in [-0.25, -0.2) is 0 Å². The lowest BCUT2D eigenvalue weighted by atomic mass is 10.2. The maximum Gasteiger partial charge on any atom is 0.00819 e. The summed E-state index contributed by atoms with van der Waals surface area (Å²) in [6.07, 6.45) is 33.1. The first-order valence-corrected chi connectivity index (χ1v) is 10.1. The third-order valence-electron chi connectivity index (χ3n) is 3.53. The Hall–Kier alpha value is -1.73. The van der Waals surface area contributed by atoms with Crippen LogP contribution in [0.15, 0.2) is 98.2 Å². The van der Waals surface area contributed by atoms with Crippen LogP contribution in [0, 0.1) is 0 Å². The highest BCUT2D eigenvalue weighted by molar-refractivity contribution is 8.00. The molecule has 2 unspecified atom stereocenters. The maximum atomic E-state index is 3.65. The predicted molar refractivity (Wildman–Crippen MR) is 120 cm³/mol. The molecule has 0 amide bonds. The molecule has 0 fully saturated rings. The Balaban J connectivity index is 4.26. The highest BCUT2D eigenvalue weighted by Gasteiger charge is 2.12. The quantitative estimate of drug-likeness (QED) is 0.287. The van der Waals surface area contributed by atoms with Gasteiger partial charge < -0.3 is 0 Å². The highest BCUT2D eigenvalue weighted by atomic mass is 32.2. The van der Waals surface area contributed by atoms with E-state index in [1.54, 1.807) is 12.2 Å². The van der Waals surface area contributed by atoms with Gasteiger partial charge in [-0.3, -0.25) is 0 Å². The van der Waals surface area contributed by atoms with Gasteiger partial charge in [0.25, 0.3) is 0 Å². The number of thioether (sulfide) groups is 1. The first-order valence-electron chi connectivity index (χ1n) is 9.15. The normalized spacial score (nSPS) is 15.4. The number of allylic oxidation sites excluding steroid dienone is 14. The van der Waals surface area contributed by atoms with Gasteiger partial charge in [0.2, 0.25) is 0 Å². The summed E-state index contributed by atoms with van der Waals surface area (Å²) in [7, 11) is 0. The summed E-state index contributed by atoms with van der Waals surface area (Å²) in [6.45, 7) is 11.9. The molecule has 0 saturated carbocycles. The molecular formula is C24H34S. The van der Waals surface area contributed by atoms with Crippen molar-refractivity contribution < 1.29 is 0 Å². The van der Waals surface area contributed by atoms with Gasteiger partial charge in [-0.15, -0.1) is 0 Å². The van der Waals surface area contributed by atoms with Crippen molar-refractivity contribution in [3.63, 3.8) is 0 Å². The third-order valence-corrected chi connectivity index (χ3v) is 5.35. The maximum absolute atomic E-state index is 3.65. The zero-order valence-corrected chi connectivity index (χ0v) is 16.7. The van der Waals surface area contributed by atoms with E-state index in [0.717, 1.165) is 12.8 Å². The van der Waals surface area contributed by atoms with Crippen LogP contribution in [-0.4, -0.2) is 10.5 Å². The van der Waals surface area contributed by atoms with Crippen molar-refractivity contribution in [2.75, 3.05) is 0 Å². The second-order valence-corrected chi connectivity index (χ2v) is 7.14. The van der Waals surface area contributed by atoms with Gasteiger partial charge in [0, 0.05) is 10.5 Å². The number of hydrogen-bond donors (Lipinski definition) is 0. The van der Waals surface area contributed by atoms with Gasteiger partial charge in [-0.1, -0.05) is 112 Å². The van der Waals surface area contributed by atoms with Gasteiger partial charge >= 0.3 is 0 Å². The Morgan fingerprint density at radius 2 is 0.960 bits per heavy atom. The van der Waals surface area contributed by atoms with E-state index in [4.69, 9.17) is 0 Å². The molecule has 0 N–H and O–H groups in total. The fraction of sp³-hybridized carbons (Fsp3) is 0.333. The molecule has 0 aliphatic heterocycles. The van der Waals surface area contributed by atoms with Crippen molar-refractivity contribution in [1.29, 1.82) is 0 Å². The van der Waals surface area contributed by atoms with Crippen LogP contribution in [0.4, 0.5) is 0 Å². The van der Waals surface area contributed by atoms with Gasteiger partial charge in [-0.2, -0.15) is 11.8 Å². The molecule has 25 heavy (non-hydrogen) atoms. The average molecular weight is 355 g/mol.